The molecule has 1 rings (SSSR count). The number of carbonyl (C=O) groups excluding carboxylic acids is 1. The largest absolute Gasteiger partial charge is 0.493 e. The van der Waals surface area contributed by atoms with Crippen LogP contribution in [0, 0.1) is 0 Å². The van der Waals surface area contributed by atoms with Crippen molar-refractivity contribution in [3.63, 3.8) is 0 Å². The Labute approximate surface area is 127 Å². The summed E-state index contributed by atoms with van der Waals surface area (Å²) in [5, 5.41) is 0. The Morgan fingerprint density at radius 3 is 2.67 bits per heavy atom. The van der Waals surface area contributed by atoms with Gasteiger partial charge >= 0.3 is 5.97 Å². The van der Waals surface area contributed by atoms with E-state index in [4.69, 9.17) is 15.2 Å². The molecule has 1 unspecified atom stereocenters. The molecule has 118 valence electrons. The van der Waals surface area contributed by atoms with Gasteiger partial charge in [-0.2, -0.15) is 0 Å². The number of nitrogens with two attached hydrogens (primary N) is 1. The second kappa shape index (κ2) is 10.2. The van der Waals surface area contributed by atoms with Gasteiger partial charge in [-0.1, -0.05) is 25.1 Å². The van der Waals surface area contributed by atoms with Gasteiger partial charge in [-0.15, -0.1) is 0 Å². The normalized spacial score (nSPS) is 12.0. The van der Waals surface area contributed by atoms with Crippen LogP contribution < -0.4 is 10.5 Å². The third-order valence-corrected chi connectivity index (χ3v) is 3.35. The van der Waals surface area contributed by atoms with Crippen molar-refractivity contribution in [3.8, 4) is 5.75 Å². The minimum absolute atomic E-state index is 0.0185. The third-order valence-electron chi connectivity index (χ3n) is 3.35. The van der Waals surface area contributed by atoms with Gasteiger partial charge in [0.25, 0.3) is 0 Å². The fourth-order valence-electron chi connectivity index (χ4n) is 2.10. The number of esters is 1. The van der Waals surface area contributed by atoms with Crippen LogP contribution in [0.15, 0.2) is 24.3 Å². The highest BCUT2D eigenvalue weighted by molar-refractivity contribution is 5.69. The van der Waals surface area contributed by atoms with E-state index < -0.39 is 0 Å². The van der Waals surface area contributed by atoms with Crippen LogP contribution in [0.2, 0.25) is 0 Å². The Morgan fingerprint density at radius 2 is 1.95 bits per heavy atom. The van der Waals surface area contributed by atoms with E-state index in [1.54, 1.807) is 0 Å². The average molecular weight is 293 g/mol. The number of benzene rings is 1. The van der Waals surface area contributed by atoms with Gasteiger partial charge in [0.15, 0.2) is 0 Å². The summed E-state index contributed by atoms with van der Waals surface area (Å²) in [7, 11) is 0. The van der Waals surface area contributed by atoms with Crippen LogP contribution in [-0.2, 0) is 9.53 Å². The third kappa shape index (κ3) is 6.63. The summed E-state index contributed by atoms with van der Waals surface area (Å²) in [6.45, 7) is 4.99. The molecule has 4 nitrogen and oxygen atoms in total. The van der Waals surface area contributed by atoms with Crippen LogP contribution in [0.1, 0.15) is 57.6 Å². The fraction of sp³-hybridized carbons (Fsp3) is 0.588. The van der Waals surface area contributed by atoms with Crippen molar-refractivity contribution in [3.05, 3.63) is 29.8 Å². The molecule has 0 saturated heterocycles. The summed E-state index contributed by atoms with van der Waals surface area (Å²) in [4.78, 5) is 11.2. The van der Waals surface area contributed by atoms with Crippen molar-refractivity contribution in [1.29, 1.82) is 0 Å². The molecule has 2 N–H and O–H groups in total. The number of hydrogen-bond acceptors (Lipinski definition) is 4. The first kappa shape index (κ1) is 17.5. The molecule has 4 heteroatoms. The lowest BCUT2D eigenvalue weighted by atomic mass is 10.0. The van der Waals surface area contributed by atoms with Crippen LogP contribution in [0.25, 0.3) is 0 Å². The van der Waals surface area contributed by atoms with Crippen molar-refractivity contribution in [2.45, 2.75) is 52.0 Å². The van der Waals surface area contributed by atoms with Crippen molar-refractivity contribution in [2.24, 2.45) is 5.73 Å². The molecule has 0 aliphatic heterocycles. The molecule has 0 heterocycles. The summed E-state index contributed by atoms with van der Waals surface area (Å²) >= 11 is 0. The number of unbranched alkanes of at least 4 members (excludes halogenated alkanes) is 2. The van der Waals surface area contributed by atoms with E-state index in [1.807, 2.05) is 31.2 Å². The maximum absolute atomic E-state index is 11.2. The summed E-state index contributed by atoms with van der Waals surface area (Å²) in [5.74, 6) is 0.759. The van der Waals surface area contributed by atoms with Crippen molar-refractivity contribution >= 4 is 5.97 Å². The quantitative estimate of drug-likeness (QED) is 0.529. The van der Waals surface area contributed by atoms with Crippen LogP contribution in [0.5, 0.6) is 5.75 Å². The summed E-state index contributed by atoms with van der Waals surface area (Å²) < 4.78 is 10.7. The molecule has 0 bridgehead atoms. The maximum Gasteiger partial charge on any atom is 0.305 e. The van der Waals surface area contributed by atoms with Crippen LogP contribution in [0.4, 0.5) is 0 Å². The molecule has 1 aromatic carbocycles. The number of hydrogen-bond donors (Lipinski definition) is 1. The Kier molecular flexibility index (Phi) is 8.51. The van der Waals surface area contributed by atoms with Crippen LogP contribution >= 0.6 is 0 Å². The van der Waals surface area contributed by atoms with Crippen molar-refractivity contribution < 1.29 is 14.3 Å². The molecule has 0 amide bonds. The molecule has 0 spiro atoms. The second-order valence-electron chi connectivity index (χ2n) is 5.02. The molecular weight excluding hydrogens is 266 g/mol. The molecule has 0 radical (unpaired) electrons. The predicted octanol–water partition coefficient (Wildman–Crippen LogP) is 3.60. The zero-order chi connectivity index (χ0) is 15.5. The Bertz CT molecular complexity index is 420. The number of carbonyl (C=O) groups is 1. The SMILES string of the molecule is CCOC(=O)CCCCCOc1ccccc1C(N)CC. The molecule has 0 saturated carbocycles. The average Bonchev–Trinajstić information content (AvgIpc) is 2.50. The molecular formula is C17H27NO3. The lowest BCUT2D eigenvalue weighted by molar-refractivity contribution is -0.143. The van der Waals surface area contributed by atoms with E-state index >= 15 is 0 Å². The standard InChI is InChI=1S/C17H27NO3/c1-3-15(18)14-10-7-8-11-16(14)21-13-9-5-6-12-17(19)20-4-2/h7-8,10-11,15H,3-6,9,12-13,18H2,1-2H3. The Hall–Kier alpha value is -1.55. The van der Waals surface area contributed by atoms with Crippen LogP contribution in [-0.4, -0.2) is 19.2 Å². The number of rotatable bonds is 10. The zero-order valence-corrected chi connectivity index (χ0v) is 13.1. The molecule has 1 aromatic rings. The summed E-state index contributed by atoms with van der Waals surface area (Å²) in [6.07, 6.45) is 4.11. The summed E-state index contributed by atoms with van der Waals surface area (Å²) in [5.41, 5.74) is 7.14. The van der Waals surface area contributed by atoms with Crippen LogP contribution in [0.3, 0.4) is 0 Å². The summed E-state index contributed by atoms with van der Waals surface area (Å²) in [6, 6.07) is 7.94. The number of para-hydroxylation sites is 1. The number of ether oxygens (including phenoxy) is 2. The highest BCUT2D eigenvalue weighted by atomic mass is 16.5. The molecule has 0 fully saturated rings. The van der Waals surface area contributed by atoms with Crippen molar-refractivity contribution in [2.75, 3.05) is 13.2 Å². The predicted molar refractivity (Wildman–Crippen MR) is 84.3 cm³/mol. The first-order chi connectivity index (χ1) is 10.2. The minimum Gasteiger partial charge on any atom is -0.493 e. The monoisotopic (exact) mass is 293 g/mol. The molecule has 0 aromatic heterocycles. The van der Waals surface area contributed by atoms with Gasteiger partial charge in [-0.3, -0.25) is 4.79 Å². The highest BCUT2D eigenvalue weighted by Crippen LogP contribution is 2.25. The van der Waals surface area contributed by atoms with Gasteiger partial charge in [0, 0.05) is 18.0 Å². The zero-order valence-electron chi connectivity index (χ0n) is 13.1. The van der Waals surface area contributed by atoms with Gasteiger partial charge in [0.2, 0.25) is 0 Å². The first-order valence-corrected chi connectivity index (χ1v) is 7.82. The van der Waals surface area contributed by atoms with Crippen molar-refractivity contribution in [1.82, 2.24) is 0 Å². The Balaban J connectivity index is 2.25. The van der Waals surface area contributed by atoms with Gasteiger partial charge in [-0.05, 0) is 38.7 Å². The fourth-order valence-corrected chi connectivity index (χ4v) is 2.10. The molecule has 21 heavy (non-hydrogen) atoms. The first-order valence-electron chi connectivity index (χ1n) is 7.82. The van der Waals surface area contributed by atoms with E-state index in [0.717, 1.165) is 37.0 Å². The van der Waals surface area contributed by atoms with E-state index in [0.29, 0.717) is 19.6 Å². The lowest BCUT2D eigenvalue weighted by Crippen LogP contribution is -2.11. The highest BCUT2D eigenvalue weighted by Gasteiger charge is 2.09. The smallest absolute Gasteiger partial charge is 0.305 e. The molecule has 1 atom stereocenters. The van der Waals surface area contributed by atoms with E-state index in [1.165, 1.54) is 0 Å². The second-order valence-corrected chi connectivity index (χ2v) is 5.02. The van der Waals surface area contributed by atoms with E-state index in [9.17, 15) is 4.79 Å². The molecule has 0 aliphatic carbocycles. The Morgan fingerprint density at radius 1 is 1.19 bits per heavy atom. The van der Waals surface area contributed by atoms with Gasteiger partial charge < -0.3 is 15.2 Å². The maximum atomic E-state index is 11.2. The molecule has 0 aliphatic rings. The van der Waals surface area contributed by atoms with E-state index in [2.05, 4.69) is 6.92 Å². The van der Waals surface area contributed by atoms with E-state index in [-0.39, 0.29) is 12.0 Å². The topological polar surface area (TPSA) is 61.5 Å². The van der Waals surface area contributed by atoms with Gasteiger partial charge in [-0.25, -0.2) is 0 Å². The minimum atomic E-state index is -0.113. The lowest BCUT2D eigenvalue weighted by Gasteiger charge is -2.15. The van der Waals surface area contributed by atoms with Gasteiger partial charge in [0.1, 0.15) is 5.75 Å². The van der Waals surface area contributed by atoms with Gasteiger partial charge in [0.05, 0.1) is 13.2 Å².